The van der Waals surface area contributed by atoms with Crippen LogP contribution in [-0.4, -0.2) is 20.6 Å². The maximum atomic E-state index is 14.2. The highest BCUT2D eigenvalue weighted by molar-refractivity contribution is 7.92. The van der Waals surface area contributed by atoms with Crippen LogP contribution in [0.2, 0.25) is 0 Å². The first-order valence-corrected chi connectivity index (χ1v) is 12.6. The van der Waals surface area contributed by atoms with E-state index in [0.29, 0.717) is 17.5 Å². The summed E-state index contributed by atoms with van der Waals surface area (Å²) in [5, 5.41) is 2.52. The van der Waals surface area contributed by atoms with Crippen molar-refractivity contribution in [3.05, 3.63) is 70.3 Å². The smallest absolute Gasteiger partial charge is 0.346 e. The maximum absolute atomic E-state index is 14.2. The maximum Gasteiger partial charge on any atom is 0.416 e. The standard InChI is InChI=1S/C24H27F5N2O3S/c1-5-14(2)10-18-11-19(24(27,28)29)8-6-16(18)7-9-22(32)30-15(3)17-12-20(25)23(21(26)13-17)31-35(4,33)34/h6-9,11-15,31H,5,10H2,1-4H3,(H,30,32)/b9-7+/t14?,15-/m1/s1. The van der Waals surface area contributed by atoms with Gasteiger partial charge in [-0.05, 0) is 66.3 Å². The lowest BCUT2D eigenvalue weighted by molar-refractivity contribution is -0.137. The number of rotatable bonds is 9. The lowest BCUT2D eigenvalue weighted by Gasteiger charge is -2.16. The van der Waals surface area contributed by atoms with E-state index in [4.69, 9.17) is 0 Å². The molecule has 2 aromatic rings. The van der Waals surface area contributed by atoms with Crippen LogP contribution in [0.25, 0.3) is 6.08 Å². The van der Waals surface area contributed by atoms with Crippen LogP contribution in [0.15, 0.2) is 36.4 Å². The molecule has 0 aromatic heterocycles. The molecule has 0 bridgehead atoms. The third-order valence-corrected chi connectivity index (χ3v) is 5.94. The number of hydrogen-bond donors (Lipinski definition) is 2. The Bertz CT molecular complexity index is 1190. The van der Waals surface area contributed by atoms with Crippen molar-refractivity contribution in [1.29, 1.82) is 0 Å². The highest BCUT2D eigenvalue weighted by Crippen LogP contribution is 2.32. The van der Waals surface area contributed by atoms with Crippen molar-refractivity contribution in [2.45, 2.75) is 45.8 Å². The molecule has 0 aliphatic heterocycles. The summed E-state index contributed by atoms with van der Waals surface area (Å²) in [6.07, 6.45) is -0.0601. The van der Waals surface area contributed by atoms with Gasteiger partial charge in [0.25, 0.3) is 0 Å². The van der Waals surface area contributed by atoms with E-state index >= 15 is 0 Å². The Kier molecular flexibility index (Phi) is 9.05. The Morgan fingerprint density at radius 2 is 1.69 bits per heavy atom. The van der Waals surface area contributed by atoms with Crippen molar-refractivity contribution in [2.75, 3.05) is 11.0 Å². The Hall–Kier alpha value is -2.95. The summed E-state index contributed by atoms with van der Waals surface area (Å²) in [6, 6.07) is 4.25. The second kappa shape index (κ2) is 11.2. The van der Waals surface area contributed by atoms with Crippen molar-refractivity contribution in [2.24, 2.45) is 5.92 Å². The number of hydrogen-bond acceptors (Lipinski definition) is 3. The minimum absolute atomic E-state index is 0.0489. The van der Waals surface area contributed by atoms with E-state index in [1.165, 1.54) is 19.1 Å². The number of amides is 1. The highest BCUT2D eigenvalue weighted by Gasteiger charge is 2.31. The molecule has 35 heavy (non-hydrogen) atoms. The van der Waals surface area contributed by atoms with E-state index in [2.05, 4.69) is 5.32 Å². The molecule has 192 valence electrons. The molecule has 0 radical (unpaired) electrons. The average Bonchev–Trinajstić information content (AvgIpc) is 2.73. The first kappa shape index (κ1) is 28.3. The van der Waals surface area contributed by atoms with Gasteiger partial charge in [0, 0.05) is 6.08 Å². The topological polar surface area (TPSA) is 75.3 Å². The summed E-state index contributed by atoms with van der Waals surface area (Å²) in [6.45, 7) is 5.31. The summed E-state index contributed by atoms with van der Waals surface area (Å²) in [5.41, 5.74) is -0.652. The number of alkyl halides is 3. The summed E-state index contributed by atoms with van der Waals surface area (Å²) >= 11 is 0. The first-order chi connectivity index (χ1) is 16.1. The highest BCUT2D eigenvalue weighted by atomic mass is 32.2. The molecule has 2 atom stereocenters. The number of benzene rings is 2. The molecule has 2 N–H and O–H groups in total. The number of carbonyl (C=O) groups excluding carboxylic acids is 1. The van der Waals surface area contributed by atoms with Crippen LogP contribution in [0.4, 0.5) is 27.6 Å². The molecule has 0 heterocycles. The molecule has 0 spiro atoms. The first-order valence-electron chi connectivity index (χ1n) is 10.8. The van der Waals surface area contributed by atoms with Crippen LogP contribution in [0.5, 0.6) is 0 Å². The van der Waals surface area contributed by atoms with Crippen molar-refractivity contribution in [3.63, 3.8) is 0 Å². The number of nitrogens with one attached hydrogen (secondary N) is 2. The van der Waals surface area contributed by atoms with Gasteiger partial charge in [-0.1, -0.05) is 26.3 Å². The summed E-state index contributed by atoms with van der Waals surface area (Å²) in [7, 11) is -3.90. The predicted octanol–water partition coefficient (Wildman–Crippen LogP) is 5.83. The molecule has 0 saturated carbocycles. The van der Waals surface area contributed by atoms with Crippen LogP contribution in [0.3, 0.4) is 0 Å². The number of anilines is 1. The van der Waals surface area contributed by atoms with Crippen LogP contribution >= 0.6 is 0 Å². The van der Waals surface area contributed by atoms with Crippen molar-refractivity contribution >= 4 is 27.7 Å². The van der Waals surface area contributed by atoms with Gasteiger partial charge in [0.2, 0.25) is 15.9 Å². The van der Waals surface area contributed by atoms with E-state index in [0.717, 1.165) is 43.0 Å². The third-order valence-electron chi connectivity index (χ3n) is 5.36. The molecular weight excluding hydrogens is 491 g/mol. The summed E-state index contributed by atoms with van der Waals surface area (Å²) < 4.78 is 92.1. The minimum atomic E-state index is -4.49. The molecule has 2 rings (SSSR count). The summed E-state index contributed by atoms with van der Waals surface area (Å²) in [5.74, 6) is -2.81. The van der Waals surface area contributed by atoms with Crippen molar-refractivity contribution < 1.29 is 35.2 Å². The van der Waals surface area contributed by atoms with Crippen LogP contribution in [-0.2, 0) is 27.4 Å². The average molecular weight is 519 g/mol. The normalized spacial score (nSPS) is 14.1. The number of carbonyl (C=O) groups is 1. The zero-order valence-corrected chi connectivity index (χ0v) is 20.4. The molecule has 0 aliphatic carbocycles. The minimum Gasteiger partial charge on any atom is -0.346 e. The van der Waals surface area contributed by atoms with Gasteiger partial charge in [-0.25, -0.2) is 17.2 Å². The van der Waals surface area contributed by atoms with E-state index < -0.39 is 51.0 Å². The van der Waals surface area contributed by atoms with Crippen LogP contribution in [0, 0.1) is 17.6 Å². The monoisotopic (exact) mass is 518 g/mol. The Morgan fingerprint density at radius 3 is 2.20 bits per heavy atom. The largest absolute Gasteiger partial charge is 0.416 e. The SMILES string of the molecule is CCC(C)Cc1cc(C(F)(F)F)ccc1/C=C/C(=O)N[C@H](C)c1cc(F)c(NS(C)(=O)=O)c(F)c1. The fourth-order valence-electron chi connectivity index (χ4n) is 3.28. The number of sulfonamides is 1. The van der Waals surface area contributed by atoms with Gasteiger partial charge in [0.1, 0.15) is 5.69 Å². The molecule has 1 unspecified atom stereocenters. The van der Waals surface area contributed by atoms with Crippen LogP contribution in [0.1, 0.15) is 55.5 Å². The quantitative estimate of drug-likeness (QED) is 0.324. The zero-order chi connectivity index (χ0) is 26.6. The molecule has 5 nitrogen and oxygen atoms in total. The van der Waals surface area contributed by atoms with Gasteiger partial charge in [-0.2, -0.15) is 13.2 Å². The van der Waals surface area contributed by atoms with E-state index in [1.54, 1.807) is 4.72 Å². The van der Waals surface area contributed by atoms with Gasteiger partial charge in [0.05, 0.1) is 17.9 Å². The van der Waals surface area contributed by atoms with Gasteiger partial charge >= 0.3 is 6.18 Å². The number of halogens is 5. The van der Waals surface area contributed by atoms with Gasteiger partial charge in [-0.3, -0.25) is 9.52 Å². The van der Waals surface area contributed by atoms with Gasteiger partial charge in [-0.15, -0.1) is 0 Å². The van der Waals surface area contributed by atoms with E-state index in [-0.39, 0.29) is 11.5 Å². The second-order valence-electron chi connectivity index (χ2n) is 8.43. The lowest BCUT2D eigenvalue weighted by atomic mass is 9.93. The van der Waals surface area contributed by atoms with Gasteiger partial charge in [0.15, 0.2) is 11.6 Å². The molecule has 1 amide bonds. The Labute approximate surface area is 201 Å². The molecular formula is C24H27F5N2O3S. The molecule has 2 aromatic carbocycles. The zero-order valence-electron chi connectivity index (χ0n) is 19.6. The van der Waals surface area contributed by atoms with E-state index in [1.807, 2.05) is 13.8 Å². The van der Waals surface area contributed by atoms with Crippen molar-refractivity contribution in [3.8, 4) is 0 Å². The Balaban J connectivity index is 2.21. The van der Waals surface area contributed by atoms with Gasteiger partial charge < -0.3 is 5.32 Å². The lowest BCUT2D eigenvalue weighted by Crippen LogP contribution is -2.25. The fraction of sp³-hybridized carbons (Fsp3) is 0.375. The molecule has 0 fully saturated rings. The third kappa shape index (κ3) is 8.34. The molecule has 0 saturated heterocycles. The van der Waals surface area contributed by atoms with Crippen LogP contribution < -0.4 is 10.0 Å². The Morgan fingerprint density at radius 1 is 1.09 bits per heavy atom. The second-order valence-corrected chi connectivity index (χ2v) is 10.2. The predicted molar refractivity (Wildman–Crippen MR) is 125 cm³/mol. The fourth-order valence-corrected chi connectivity index (χ4v) is 3.84. The molecule has 11 heteroatoms. The molecule has 0 aliphatic rings. The van der Waals surface area contributed by atoms with E-state index in [9.17, 15) is 35.2 Å². The van der Waals surface area contributed by atoms with Crippen molar-refractivity contribution in [1.82, 2.24) is 5.32 Å². The summed E-state index contributed by atoms with van der Waals surface area (Å²) in [4.78, 5) is 12.4.